The molecular formula is C18H23N3O8S2. The average Bonchev–Trinajstić information content (AvgIpc) is 2.71. The second-order valence-electron chi connectivity index (χ2n) is 6.35. The predicted octanol–water partition coefficient (Wildman–Crippen LogP) is 1.16. The zero-order chi connectivity index (χ0) is 23.1. The van der Waals surface area contributed by atoms with Gasteiger partial charge in [0.25, 0.3) is 5.96 Å². The number of hydroxylamine groups is 1. The molecule has 0 unspecified atom stereocenters. The van der Waals surface area contributed by atoms with Gasteiger partial charge in [0.2, 0.25) is 5.75 Å². The Labute approximate surface area is 180 Å². The van der Waals surface area contributed by atoms with Crippen LogP contribution < -0.4 is 20.1 Å². The zero-order valence-corrected chi connectivity index (χ0v) is 18.4. The second kappa shape index (κ2) is 10.3. The molecule has 0 aliphatic rings. The summed E-state index contributed by atoms with van der Waals surface area (Å²) >= 11 is 0. The summed E-state index contributed by atoms with van der Waals surface area (Å²) in [4.78, 5) is 4.48. The third kappa shape index (κ3) is 7.01. The van der Waals surface area contributed by atoms with Gasteiger partial charge in [-0.1, -0.05) is 18.2 Å². The van der Waals surface area contributed by atoms with Crippen LogP contribution in [0, 0.1) is 6.92 Å². The van der Waals surface area contributed by atoms with Gasteiger partial charge in [0.15, 0.2) is 15.6 Å². The second-order valence-corrected chi connectivity index (χ2v) is 9.88. The number of sulfone groups is 1. The van der Waals surface area contributed by atoms with Crippen molar-refractivity contribution in [1.29, 1.82) is 0 Å². The SMILES string of the molecule is Cc1cc(OCCCONC(N)=NO)c(OS(=O)(=O)c2ccccc2)c(S(C)(=O)=O)c1. The Balaban J connectivity index is 2.28. The van der Waals surface area contributed by atoms with E-state index in [9.17, 15) is 16.8 Å². The third-order valence-electron chi connectivity index (χ3n) is 3.72. The quantitative estimate of drug-likeness (QED) is 0.114. The molecule has 2 aromatic carbocycles. The Bertz CT molecular complexity index is 1130. The molecule has 2 rings (SSSR count). The molecule has 0 aliphatic heterocycles. The largest absolute Gasteiger partial charge is 0.489 e. The highest BCUT2D eigenvalue weighted by atomic mass is 32.2. The number of hydrogen-bond donors (Lipinski definition) is 3. The summed E-state index contributed by atoms with van der Waals surface area (Å²) in [7, 11) is -8.15. The number of nitrogens with two attached hydrogens (primary N) is 1. The zero-order valence-electron chi connectivity index (χ0n) is 16.8. The normalized spacial score (nSPS) is 12.4. The van der Waals surface area contributed by atoms with E-state index in [4.69, 9.17) is 24.7 Å². The lowest BCUT2D eigenvalue weighted by Crippen LogP contribution is -2.32. The fraction of sp³-hybridized carbons (Fsp3) is 0.278. The van der Waals surface area contributed by atoms with Crippen molar-refractivity contribution in [3.8, 4) is 11.5 Å². The lowest BCUT2D eigenvalue weighted by atomic mass is 10.2. The van der Waals surface area contributed by atoms with E-state index < -0.39 is 25.7 Å². The molecule has 170 valence electrons. The van der Waals surface area contributed by atoms with Gasteiger partial charge in [-0.05, 0) is 41.9 Å². The standard InChI is InChI=1S/C18H23N3O8S2/c1-13-11-15(27-9-6-10-28-21-18(19)20-22)17(16(12-13)30(2,23)24)29-31(25,26)14-7-4-3-5-8-14/h3-5,7-8,11-12,22H,6,9-10H2,1-2H3,(H3,19,20,21). The molecule has 0 amide bonds. The van der Waals surface area contributed by atoms with Crippen molar-refractivity contribution < 1.29 is 35.8 Å². The molecule has 0 atom stereocenters. The van der Waals surface area contributed by atoms with E-state index in [0.29, 0.717) is 12.0 Å². The van der Waals surface area contributed by atoms with Crippen LogP contribution in [0.2, 0.25) is 0 Å². The average molecular weight is 474 g/mol. The first-order chi connectivity index (χ1) is 14.5. The maximum atomic E-state index is 12.7. The summed E-state index contributed by atoms with van der Waals surface area (Å²) in [5.41, 5.74) is 7.88. The molecule has 0 aliphatic carbocycles. The molecule has 0 radical (unpaired) electrons. The number of rotatable bonds is 10. The first kappa shape index (κ1) is 24.2. The summed E-state index contributed by atoms with van der Waals surface area (Å²) in [6, 6.07) is 10.1. The molecule has 0 aromatic heterocycles. The van der Waals surface area contributed by atoms with Gasteiger partial charge in [-0.3, -0.25) is 4.84 Å². The molecule has 31 heavy (non-hydrogen) atoms. The number of oxime groups is 1. The van der Waals surface area contributed by atoms with Crippen molar-refractivity contribution in [2.24, 2.45) is 10.9 Å². The third-order valence-corrected chi connectivity index (χ3v) is 6.06. The van der Waals surface area contributed by atoms with Crippen LogP contribution >= 0.6 is 0 Å². The van der Waals surface area contributed by atoms with Crippen LogP contribution in [0.1, 0.15) is 12.0 Å². The summed E-state index contributed by atoms with van der Waals surface area (Å²) in [5.74, 6) is -0.809. The molecule has 11 nitrogen and oxygen atoms in total. The van der Waals surface area contributed by atoms with Crippen molar-refractivity contribution in [1.82, 2.24) is 5.48 Å². The summed E-state index contributed by atoms with van der Waals surface area (Å²) in [5, 5.41) is 11.1. The van der Waals surface area contributed by atoms with Gasteiger partial charge in [-0.15, -0.1) is 0 Å². The fourth-order valence-corrected chi connectivity index (χ4v) is 4.29. The maximum Gasteiger partial charge on any atom is 0.339 e. The molecule has 4 N–H and O–H groups in total. The van der Waals surface area contributed by atoms with Crippen LogP contribution in [0.25, 0.3) is 0 Å². The van der Waals surface area contributed by atoms with Crippen molar-refractivity contribution in [2.75, 3.05) is 19.5 Å². The topological polar surface area (TPSA) is 167 Å². The van der Waals surface area contributed by atoms with Gasteiger partial charge in [0, 0.05) is 12.7 Å². The van der Waals surface area contributed by atoms with Crippen LogP contribution in [0.15, 0.2) is 57.4 Å². The Kier molecular flexibility index (Phi) is 8.08. The summed E-state index contributed by atoms with van der Waals surface area (Å²) in [6.45, 7) is 1.77. The van der Waals surface area contributed by atoms with E-state index in [0.717, 1.165) is 6.26 Å². The number of ether oxygens (including phenoxy) is 1. The maximum absolute atomic E-state index is 12.7. The number of benzene rings is 2. The van der Waals surface area contributed by atoms with Crippen molar-refractivity contribution in [2.45, 2.75) is 23.1 Å². The van der Waals surface area contributed by atoms with Crippen LogP contribution in [0.5, 0.6) is 11.5 Å². The minimum Gasteiger partial charge on any atom is -0.489 e. The Morgan fingerprint density at radius 3 is 2.42 bits per heavy atom. The molecule has 0 saturated carbocycles. The minimum absolute atomic E-state index is 0.0340. The van der Waals surface area contributed by atoms with Gasteiger partial charge < -0.3 is 19.9 Å². The number of nitrogens with zero attached hydrogens (tertiary/aromatic N) is 1. The van der Waals surface area contributed by atoms with E-state index in [1.807, 2.05) is 0 Å². The summed E-state index contributed by atoms with van der Waals surface area (Å²) < 4.78 is 60.8. The van der Waals surface area contributed by atoms with Gasteiger partial charge in [0.05, 0.1) is 13.2 Å². The molecule has 0 saturated heterocycles. The molecule has 0 spiro atoms. The van der Waals surface area contributed by atoms with Crippen LogP contribution in [-0.4, -0.2) is 47.5 Å². The minimum atomic E-state index is -4.31. The molecule has 0 heterocycles. The smallest absolute Gasteiger partial charge is 0.339 e. The van der Waals surface area contributed by atoms with Gasteiger partial charge in [0.1, 0.15) is 9.79 Å². The lowest BCUT2D eigenvalue weighted by molar-refractivity contribution is 0.0712. The van der Waals surface area contributed by atoms with Crippen LogP contribution in [-0.2, 0) is 24.8 Å². The molecular weight excluding hydrogens is 450 g/mol. The Morgan fingerprint density at radius 1 is 1.13 bits per heavy atom. The molecule has 0 fully saturated rings. The monoisotopic (exact) mass is 473 g/mol. The van der Waals surface area contributed by atoms with Gasteiger partial charge >= 0.3 is 10.1 Å². The summed E-state index contributed by atoms with van der Waals surface area (Å²) in [6.07, 6.45) is 1.25. The first-order valence-corrected chi connectivity index (χ1v) is 12.2. The van der Waals surface area contributed by atoms with E-state index in [2.05, 4.69) is 10.6 Å². The Morgan fingerprint density at radius 2 is 1.81 bits per heavy atom. The Hall–Kier alpha value is -3.03. The number of guanidine groups is 1. The first-order valence-electron chi connectivity index (χ1n) is 8.87. The van der Waals surface area contributed by atoms with Crippen LogP contribution in [0.4, 0.5) is 0 Å². The highest BCUT2D eigenvalue weighted by Crippen LogP contribution is 2.38. The fourth-order valence-electron chi connectivity index (χ4n) is 2.38. The van der Waals surface area contributed by atoms with E-state index in [-0.39, 0.29) is 34.7 Å². The van der Waals surface area contributed by atoms with Crippen LogP contribution in [0.3, 0.4) is 0 Å². The number of aryl methyl sites for hydroxylation is 1. The predicted molar refractivity (Wildman–Crippen MR) is 111 cm³/mol. The van der Waals surface area contributed by atoms with Crippen molar-refractivity contribution in [3.05, 3.63) is 48.0 Å². The highest BCUT2D eigenvalue weighted by molar-refractivity contribution is 7.91. The van der Waals surface area contributed by atoms with E-state index >= 15 is 0 Å². The van der Waals surface area contributed by atoms with E-state index in [1.54, 1.807) is 13.0 Å². The van der Waals surface area contributed by atoms with Crippen molar-refractivity contribution >= 4 is 25.9 Å². The molecule has 13 heteroatoms. The van der Waals surface area contributed by atoms with Crippen molar-refractivity contribution in [3.63, 3.8) is 0 Å². The van der Waals surface area contributed by atoms with Gasteiger partial charge in [-0.2, -0.15) is 8.42 Å². The van der Waals surface area contributed by atoms with Gasteiger partial charge in [-0.25, -0.2) is 13.9 Å². The molecule has 0 bridgehead atoms. The highest BCUT2D eigenvalue weighted by Gasteiger charge is 2.26. The van der Waals surface area contributed by atoms with E-state index in [1.165, 1.54) is 36.4 Å². The number of hydrogen-bond acceptors (Lipinski definition) is 9. The molecule has 2 aromatic rings. The lowest BCUT2D eigenvalue weighted by Gasteiger charge is -2.16. The number of nitrogens with one attached hydrogen (secondary N) is 1.